The number of nitrogen functional groups attached to an aromatic ring is 1. The number of anilines is 1. The maximum absolute atomic E-state index is 13.7. The first kappa shape index (κ1) is 25.2. The number of nitrogens with two attached hydrogens (primary N) is 1. The van der Waals surface area contributed by atoms with Gasteiger partial charge in [-0.1, -0.05) is 26.0 Å². The highest BCUT2D eigenvalue weighted by Crippen LogP contribution is 2.37. The van der Waals surface area contributed by atoms with Crippen molar-refractivity contribution in [1.82, 2.24) is 19.8 Å². The van der Waals surface area contributed by atoms with Crippen molar-refractivity contribution >= 4 is 22.6 Å². The van der Waals surface area contributed by atoms with Gasteiger partial charge >= 0.3 is 0 Å². The van der Waals surface area contributed by atoms with Crippen LogP contribution < -0.4 is 5.73 Å². The molecule has 2 N–H and O–H groups in total. The molecule has 2 aliphatic rings. The first-order valence-corrected chi connectivity index (χ1v) is 13.5. The van der Waals surface area contributed by atoms with E-state index in [2.05, 4.69) is 48.1 Å². The smallest absolute Gasteiger partial charge is 0.255 e. The van der Waals surface area contributed by atoms with E-state index in [1.54, 1.807) is 6.20 Å². The van der Waals surface area contributed by atoms with Crippen LogP contribution in [0.25, 0.3) is 10.9 Å². The van der Waals surface area contributed by atoms with E-state index in [1.165, 1.54) is 0 Å². The molecule has 0 saturated carbocycles. The molecule has 3 aromatic rings. The predicted octanol–water partition coefficient (Wildman–Crippen LogP) is 5.07. The van der Waals surface area contributed by atoms with Gasteiger partial charge in [0.15, 0.2) is 0 Å². The maximum atomic E-state index is 13.7. The van der Waals surface area contributed by atoms with Gasteiger partial charge in [-0.05, 0) is 87.5 Å². The molecule has 5 rings (SSSR count). The number of piperidine rings is 2. The van der Waals surface area contributed by atoms with Crippen LogP contribution in [0.5, 0.6) is 0 Å². The lowest BCUT2D eigenvalue weighted by Crippen LogP contribution is -2.41. The quantitative estimate of drug-likeness (QED) is 0.541. The van der Waals surface area contributed by atoms with Gasteiger partial charge in [0.1, 0.15) is 11.9 Å². The number of nitrogens with zero attached hydrogens (tertiary/aromatic N) is 5. The fourth-order valence-electron chi connectivity index (χ4n) is 5.90. The van der Waals surface area contributed by atoms with Crippen LogP contribution >= 0.6 is 0 Å². The van der Waals surface area contributed by atoms with E-state index in [1.807, 2.05) is 24.0 Å². The minimum atomic E-state index is -0.0278. The number of fused-ring (bicyclic) bond motifs is 1. The third kappa shape index (κ3) is 5.03. The second-order valence-corrected chi connectivity index (χ2v) is 10.8. The van der Waals surface area contributed by atoms with E-state index < -0.39 is 0 Å². The molecular formula is C30H36N6O. The van der Waals surface area contributed by atoms with Crippen molar-refractivity contribution in [2.45, 2.75) is 57.9 Å². The fraction of sp³-hybridized carbons (Fsp3) is 0.467. The molecule has 192 valence electrons. The highest BCUT2D eigenvalue weighted by molar-refractivity contribution is 5.95. The van der Waals surface area contributed by atoms with Crippen LogP contribution in [0, 0.1) is 17.2 Å². The number of carbonyl (C=O) groups excluding carboxylic acids is 1. The van der Waals surface area contributed by atoms with Crippen LogP contribution in [0.15, 0.2) is 36.5 Å². The van der Waals surface area contributed by atoms with E-state index in [-0.39, 0.29) is 11.9 Å². The highest BCUT2D eigenvalue weighted by Gasteiger charge is 2.32. The summed E-state index contributed by atoms with van der Waals surface area (Å²) in [4.78, 5) is 27.4. The van der Waals surface area contributed by atoms with Crippen LogP contribution in [-0.2, 0) is 6.42 Å². The van der Waals surface area contributed by atoms with Gasteiger partial charge in [0.05, 0.1) is 28.4 Å². The third-order valence-corrected chi connectivity index (χ3v) is 8.19. The lowest BCUT2D eigenvalue weighted by atomic mass is 9.88. The van der Waals surface area contributed by atoms with Crippen molar-refractivity contribution < 1.29 is 4.79 Å². The Labute approximate surface area is 219 Å². The molecule has 37 heavy (non-hydrogen) atoms. The molecule has 7 heteroatoms. The minimum Gasteiger partial charge on any atom is -0.383 e. The summed E-state index contributed by atoms with van der Waals surface area (Å²) in [6.07, 6.45) is 6.34. The molecule has 2 aromatic heterocycles. The summed E-state index contributed by atoms with van der Waals surface area (Å²) < 4.78 is 0. The van der Waals surface area contributed by atoms with Gasteiger partial charge in [0, 0.05) is 24.0 Å². The predicted molar refractivity (Wildman–Crippen MR) is 146 cm³/mol. The summed E-state index contributed by atoms with van der Waals surface area (Å²) in [5, 5.41) is 10.8. The Morgan fingerprint density at radius 3 is 2.68 bits per heavy atom. The van der Waals surface area contributed by atoms with Crippen LogP contribution in [0.2, 0.25) is 0 Å². The zero-order valence-corrected chi connectivity index (χ0v) is 22.1. The number of hydrogen-bond acceptors (Lipinski definition) is 6. The fourth-order valence-corrected chi connectivity index (χ4v) is 5.90. The summed E-state index contributed by atoms with van der Waals surface area (Å²) in [7, 11) is 2.14. The van der Waals surface area contributed by atoms with Crippen LogP contribution in [0.4, 0.5) is 5.82 Å². The number of rotatable bonds is 4. The summed E-state index contributed by atoms with van der Waals surface area (Å²) in [6.45, 7) is 6.97. The van der Waals surface area contributed by atoms with E-state index in [0.717, 1.165) is 72.9 Å². The number of pyridine rings is 2. The van der Waals surface area contributed by atoms with Gasteiger partial charge in [-0.2, -0.15) is 5.26 Å². The lowest BCUT2D eigenvalue weighted by Gasteiger charge is -2.39. The molecule has 4 heterocycles. The van der Waals surface area contributed by atoms with Gasteiger partial charge in [-0.25, -0.2) is 4.98 Å². The summed E-state index contributed by atoms with van der Waals surface area (Å²) in [6, 6.07) is 12.5. The largest absolute Gasteiger partial charge is 0.383 e. The topological polar surface area (TPSA) is 99.1 Å². The van der Waals surface area contributed by atoms with Crippen molar-refractivity contribution in [2.24, 2.45) is 5.92 Å². The lowest BCUT2D eigenvalue weighted by molar-refractivity contribution is 0.0544. The highest BCUT2D eigenvalue weighted by atomic mass is 16.2. The molecule has 0 radical (unpaired) electrons. The van der Waals surface area contributed by atoms with Gasteiger partial charge in [0.2, 0.25) is 0 Å². The third-order valence-electron chi connectivity index (χ3n) is 8.19. The summed E-state index contributed by atoms with van der Waals surface area (Å²) in [5.41, 5.74) is 11.1. The average Bonchev–Trinajstić information content (AvgIpc) is 2.92. The summed E-state index contributed by atoms with van der Waals surface area (Å²) in [5.74, 6) is 1.22. The first-order valence-electron chi connectivity index (χ1n) is 13.5. The van der Waals surface area contributed by atoms with Crippen molar-refractivity contribution in [1.29, 1.82) is 5.26 Å². The first-order chi connectivity index (χ1) is 17.9. The number of nitriles is 1. The Morgan fingerprint density at radius 1 is 1.16 bits per heavy atom. The van der Waals surface area contributed by atoms with E-state index in [4.69, 9.17) is 10.7 Å². The molecule has 1 unspecified atom stereocenters. The summed E-state index contributed by atoms with van der Waals surface area (Å²) >= 11 is 0. The van der Waals surface area contributed by atoms with Gasteiger partial charge < -0.3 is 15.5 Å². The second kappa shape index (κ2) is 10.5. The average molecular weight is 497 g/mol. The van der Waals surface area contributed by atoms with Crippen LogP contribution in [-0.4, -0.2) is 52.4 Å². The SMILES string of the molecule is CCc1cc(C(=O)N2CC(C)CC[C@@H]2c2ccc3cc(C#N)c(C4CCN(C)CC4)nc3c2)cnc1N. The molecule has 1 aromatic carbocycles. The second-order valence-electron chi connectivity index (χ2n) is 10.8. The number of carbonyl (C=O) groups is 1. The minimum absolute atomic E-state index is 0.00125. The Kier molecular flexibility index (Phi) is 7.12. The van der Waals surface area contributed by atoms with E-state index >= 15 is 0 Å². The maximum Gasteiger partial charge on any atom is 0.255 e. The Balaban J connectivity index is 1.50. The van der Waals surface area contributed by atoms with Gasteiger partial charge in [0.25, 0.3) is 5.91 Å². The molecule has 2 fully saturated rings. The van der Waals surface area contributed by atoms with Crippen molar-refractivity contribution in [3.8, 4) is 6.07 Å². The van der Waals surface area contributed by atoms with Crippen LogP contribution in [0.3, 0.4) is 0 Å². The monoisotopic (exact) mass is 496 g/mol. The standard InChI is InChI=1S/C30H36N6O/c1-4-20-13-25(17-33-29(20)32)30(37)36-18-19(2)5-8-27(36)23-7-6-22-14-24(16-31)28(34-26(22)15-23)21-9-11-35(3)12-10-21/h6-7,13-15,17,19,21,27H,4-5,8-12,18H2,1-3H3,(H2,32,33)/t19?,27-/m1/s1. The van der Waals surface area contributed by atoms with Crippen LogP contribution in [0.1, 0.15) is 84.2 Å². The molecule has 2 aliphatic heterocycles. The Bertz CT molecular complexity index is 1350. The molecule has 2 atom stereocenters. The molecular weight excluding hydrogens is 460 g/mol. The molecule has 0 spiro atoms. The molecule has 2 saturated heterocycles. The number of hydrogen-bond donors (Lipinski definition) is 1. The number of aryl methyl sites for hydroxylation is 1. The number of amides is 1. The van der Waals surface area contributed by atoms with Gasteiger partial charge in [-0.3, -0.25) is 9.78 Å². The zero-order valence-electron chi connectivity index (χ0n) is 22.1. The van der Waals surface area contributed by atoms with Crippen molar-refractivity contribution in [3.05, 3.63) is 64.5 Å². The van der Waals surface area contributed by atoms with Gasteiger partial charge in [-0.15, -0.1) is 0 Å². The van der Waals surface area contributed by atoms with Crippen molar-refractivity contribution in [2.75, 3.05) is 32.4 Å². The van der Waals surface area contributed by atoms with Crippen molar-refractivity contribution in [3.63, 3.8) is 0 Å². The molecule has 7 nitrogen and oxygen atoms in total. The van der Waals surface area contributed by atoms with E-state index in [0.29, 0.717) is 35.3 Å². The Morgan fingerprint density at radius 2 is 1.95 bits per heavy atom. The molecule has 0 aliphatic carbocycles. The van der Waals surface area contributed by atoms with E-state index in [9.17, 15) is 10.1 Å². The molecule has 1 amide bonds. The molecule has 0 bridgehead atoms. The number of likely N-dealkylation sites (tertiary alicyclic amines) is 2. The number of benzene rings is 1. The normalized spacial score (nSPS) is 21.2. The Hall–Kier alpha value is -3.50. The number of aromatic nitrogens is 2. The zero-order chi connectivity index (χ0) is 26.1.